The molecule has 0 bridgehead atoms. The average Bonchev–Trinajstić information content (AvgIpc) is 2.69. The zero-order valence-corrected chi connectivity index (χ0v) is 16.6. The van der Waals surface area contributed by atoms with E-state index in [9.17, 15) is 4.79 Å². The van der Waals surface area contributed by atoms with Crippen molar-refractivity contribution in [3.63, 3.8) is 0 Å². The van der Waals surface area contributed by atoms with E-state index in [2.05, 4.69) is 21.2 Å². The molecule has 1 aliphatic rings. The molecule has 3 rings (SSSR count). The highest BCUT2D eigenvalue weighted by molar-refractivity contribution is 6.30. The number of carbonyl (C=O) groups is 1. The van der Waals surface area contributed by atoms with Crippen LogP contribution in [0.2, 0.25) is 5.02 Å². The summed E-state index contributed by atoms with van der Waals surface area (Å²) in [5.41, 5.74) is 1.85. The van der Waals surface area contributed by atoms with Gasteiger partial charge < -0.3 is 15.0 Å². The van der Waals surface area contributed by atoms with Gasteiger partial charge in [0.25, 0.3) is 0 Å². The first-order chi connectivity index (χ1) is 13.1. The summed E-state index contributed by atoms with van der Waals surface area (Å²) in [6.45, 7) is 7.84. The fraction of sp³-hybridized carbons (Fsp3) is 0.381. The Morgan fingerprint density at radius 2 is 1.89 bits per heavy atom. The number of hydrogen-bond acceptors (Lipinski definition) is 4. The number of rotatable bonds is 6. The molecule has 2 aromatic rings. The topological polar surface area (TPSA) is 44.8 Å². The van der Waals surface area contributed by atoms with Crippen molar-refractivity contribution < 1.29 is 9.53 Å². The first-order valence-electron chi connectivity index (χ1n) is 9.35. The summed E-state index contributed by atoms with van der Waals surface area (Å²) < 4.78 is 5.59. The molecule has 27 heavy (non-hydrogen) atoms. The molecule has 1 fully saturated rings. The van der Waals surface area contributed by atoms with E-state index in [1.54, 1.807) is 0 Å². The van der Waals surface area contributed by atoms with Gasteiger partial charge in [-0.25, -0.2) is 0 Å². The lowest BCUT2D eigenvalue weighted by Crippen LogP contribution is -2.52. The second-order valence-electron chi connectivity index (χ2n) is 6.60. The van der Waals surface area contributed by atoms with Gasteiger partial charge in [0.1, 0.15) is 5.75 Å². The van der Waals surface area contributed by atoms with Crippen molar-refractivity contribution in [2.75, 3.05) is 43.0 Å². The van der Waals surface area contributed by atoms with Crippen molar-refractivity contribution >= 4 is 28.9 Å². The van der Waals surface area contributed by atoms with Gasteiger partial charge in [-0.3, -0.25) is 9.69 Å². The number of nitrogens with zero attached hydrogens (tertiary/aromatic N) is 2. The number of halogens is 1. The van der Waals surface area contributed by atoms with Crippen LogP contribution >= 0.6 is 11.6 Å². The van der Waals surface area contributed by atoms with Crippen LogP contribution in [-0.4, -0.2) is 49.6 Å². The Kier molecular flexibility index (Phi) is 6.58. The summed E-state index contributed by atoms with van der Waals surface area (Å²) >= 11 is 6.10. The fourth-order valence-corrected chi connectivity index (χ4v) is 3.48. The molecule has 0 saturated carbocycles. The summed E-state index contributed by atoms with van der Waals surface area (Å²) in [7, 11) is 0. The second-order valence-corrected chi connectivity index (χ2v) is 7.03. The predicted octanol–water partition coefficient (Wildman–Crippen LogP) is 3.89. The minimum absolute atomic E-state index is 0.0154. The molecule has 2 aromatic carbocycles. The van der Waals surface area contributed by atoms with E-state index in [1.165, 1.54) is 0 Å². The van der Waals surface area contributed by atoms with Gasteiger partial charge in [-0.15, -0.1) is 0 Å². The minimum Gasteiger partial charge on any atom is -0.492 e. The van der Waals surface area contributed by atoms with Crippen molar-refractivity contribution in [2.45, 2.75) is 19.9 Å². The average molecular weight is 388 g/mol. The Morgan fingerprint density at radius 3 is 2.59 bits per heavy atom. The number of piperazine rings is 1. The number of benzene rings is 2. The highest BCUT2D eigenvalue weighted by atomic mass is 35.5. The number of hydrogen-bond donors (Lipinski definition) is 1. The highest BCUT2D eigenvalue weighted by Crippen LogP contribution is 2.25. The van der Waals surface area contributed by atoms with Crippen LogP contribution in [0.3, 0.4) is 0 Å². The van der Waals surface area contributed by atoms with Crippen LogP contribution in [0.5, 0.6) is 5.75 Å². The number of para-hydroxylation sites is 2. The summed E-state index contributed by atoms with van der Waals surface area (Å²) in [5, 5.41) is 3.75. The standard InChI is InChI=1S/C21H26ClN3O2/c1-3-27-20-10-5-4-9-19(20)23-21(26)16(2)24-11-13-25(14-12-24)18-8-6-7-17(22)15-18/h4-10,15-16H,3,11-14H2,1-2H3,(H,23,26)/t16-/m0/s1. The Hall–Kier alpha value is -2.24. The summed E-state index contributed by atoms with van der Waals surface area (Å²) in [6.07, 6.45) is 0. The molecule has 0 aliphatic carbocycles. The highest BCUT2D eigenvalue weighted by Gasteiger charge is 2.26. The molecule has 1 N–H and O–H groups in total. The van der Waals surface area contributed by atoms with Crippen molar-refractivity contribution in [1.82, 2.24) is 4.90 Å². The lowest BCUT2D eigenvalue weighted by molar-refractivity contribution is -0.120. The first kappa shape index (κ1) is 19.5. The maximum Gasteiger partial charge on any atom is 0.241 e. The normalized spacial score (nSPS) is 16.0. The van der Waals surface area contributed by atoms with E-state index in [4.69, 9.17) is 16.3 Å². The van der Waals surface area contributed by atoms with Crippen molar-refractivity contribution in [2.24, 2.45) is 0 Å². The lowest BCUT2D eigenvalue weighted by Gasteiger charge is -2.38. The van der Waals surface area contributed by atoms with E-state index in [-0.39, 0.29) is 11.9 Å². The van der Waals surface area contributed by atoms with Gasteiger partial charge in [0, 0.05) is 36.9 Å². The molecule has 1 atom stereocenters. The van der Waals surface area contributed by atoms with Gasteiger partial charge >= 0.3 is 0 Å². The van der Waals surface area contributed by atoms with Crippen LogP contribution in [0.1, 0.15) is 13.8 Å². The molecule has 144 valence electrons. The number of ether oxygens (including phenoxy) is 1. The quantitative estimate of drug-likeness (QED) is 0.816. The zero-order chi connectivity index (χ0) is 19.2. The van der Waals surface area contributed by atoms with Crippen LogP contribution in [0.15, 0.2) is 48.5 Å². The third-order valence-electron chi connectivity index (χ3n) is 4.86. The number of carbonyl (C=O) groups excluding carboxylic acids is 1. The Bertz CT molecular complexity index is 776. The molecule has 1 aliphatic heterocycles. The molecule has 0 spiro atoms. The Morgan fingerprint density at radius 1 is 1.15 bits per heavy atom. The van der Waals surface area contributed by atoms with E-state index >= 15 is 0 Å². The van der Waals surface area contributed by atoms with Crippen LogP contribution in [0.4, 0.5) is 11.4 Å². The lowest BCUT2D eigenvalue weighted by atomic mass is 10.2. The van der Waals surface area contributed by atoms with Crippen LogP contribution < -0.4 is 15.0 Å². The van der Waals surface area contributed by atoms with Crippen LogP contribution in [0.25, 0.3) is 0 Å². The third-order valence-corrected chi connectivity index (χ3v) is 5.09. The van der Waals surface area contributed by atoms with Crippen molar-refractivity contribution in [3.05, 3.63) is 53.6 Å². The van der Waals surface area contributed by atoms with Crippen LogP contribution in [0, 0.1) is 0 Å². The fourth-order valence-electron chi connectivity index (χ4n) is 3.29. The maximum absolute atomic E-state index is 12.7. The Labute approximate surface area is 165 Å². The molecule has 0 aromatic heterocycles. The second kappa shape index (κ2) is 9.11. The molecule has 0 radical (unpaired) electrons. The molecular weight excluding hydrogens is 362 g/mol. The van der Waals surface area contributed by atoms with Gasteiger partial charge in [0.05, 0.1) is 18.3 Å². The monoisotopic (exact) mass is 387 g/mol. The van der Waals surface area contributed by atoms with Crippen molar-refractivity contribution in [1.29, 1.82) is 0 Å². The molecule has 6 heteroatoms. The molecule has 1 saturated heterocycles. The minimum atomic E-state index is -0.207. The van der Waals surface area contributed by atoms with Gasteiger partial charge in [-0.1, -0.05) is 29.8 Å². The number of nitrogens with one attached hydrogen (secondary N) is 1. The summed E-state index contributed by atoms with van der Waals surface area (Å²) in [6, 6.07) is 15.2. The van der Waals surface area contributed by atoms with Gasteiger partial charge in [-0.05, 0) is 44.2 Å². The van der Waals surface area contributed by atoms with Crippen LogP contribution in [-0.2, 0) is 4.79 Å². The van der Waals surface area contributed by atoms with E-state index < -0.39 is 0 Å². The van der Waals surface area contributed by atoms with Gasteiger partial charge in [-0.2, -0.15) is 0 Å². The number of amides is 1. The molecule has 5 nitrogen and oxygen atoms in total. The maximum atomic E-state index is 12.7. The van der Waals surface area contributed by atoms with E-state index in [0.29, 0.717) is 18.0 Å². The molecular formula is C21H26ClN3O2. The van der Waals surface area contributed by atoms with E-state index in [1.807, 2.05) is 56.3 Å². The zero-order valence-electron chi connectivity index (χ0n) is 15.8. The van der Waals surface area contributed by atoms with Gasteiger partial charge in [0.2, 0.25) is 5.91 Å². The Balaban J connectivity index is 1.57. The van der Waals surface area contributed by atoms with E-state index in [0.717, 1.165) is 36.9 Å². The number of anilines is 2. The van der Waals surface area contributed by atoms with Crippen molar-refractivity contribution in [3.8, 4) is 5.75 Å². The predicted molar refractivity (Wildman–Crippen MR) is 111 cm³/mol. The largest absolute Gasteiger partial charge is 0.492 e. The third kappa shape index (κ3) is 4.93. The molecule has 0 unspecified atom stereocenters. The first-order valence-corrected chi connectivity index (χ1v) is 9.73. The SMILES string of the molecule is CCOc1ccccc1NC(=O)[C@H](C)N1CCN(c2cccc(Cl)c2)CC1. The molecule has 1 heterocycles. The smallest absolute Gasteiger partial charge is 0.241 e. The summed E-state index contributed by atoms with van der Waals surface area (Å²) in [4.78, 5) is 17.2. The summed E-state index contributed by atoms with van der Waals surface area (Å²) in [5.74, 6) is 0.685. The molecule has 1 amide bonds. The van der Waals surface area contributed by atoms with Gasteiger partial charge in [0.15, 0.2) is 0 Å².